The Kier molecular flexibility index (Phi) is 5.18. The normalized spacial score (nSPS) is 11.3. The van der Waals surface area contributed by atoms with Gasteiger partial charge in [-0.25, -0.2) is 0 Å². The van der Waals surface area contributed by atoms with E-state index in [-0.39, 0.29) is 11.6 Å². The molecule has 4 nitrogen and oxygen atoms in total. The van der Waals surface area contributed by atoms with Gasteiger partial charge in [-0.1, -0.05) is 28.1 Å². The number of carbonyl (C=O) groups excluding carboxylic acids is 1. The first-order chi connectivity index (χ1) is 10.5. The fourth-order valence-corrected chi connectivity index (χ4v) is 2.26. The summed E-state index contributed by atoms with van der Waals surface area (Å²) in [6.45, 7) is 3.68. The van der Waals surface area contributed by atoms with Crippen LogP contribution in [0.4, 0.5) is 0 Å². The monoisotopic (exact) mass is 358 g/mol. The summed E-state index contributed by atoms with van der Waals surface area (Å²) in [6.07, 6.45) is 1.44. The maximum atomic E-state index is 11.9. The average Bonchev–Trinajstić information content (AvgIpc) is 2.92. The minimum absolute atomic E-state index is 0.0174. The van der Waals surface area contributed by atoms with E-state index in [0.717, 1.165) is 10.0 Å². The number of furan rings is 1. The number of hydrogen-bond donors (Lipinski definition) is 1. The molecule has 1 aromatic heterocycles. The van der Waals surface area contributed by atoms with Gasteiger partial charge in [0.2, 0.25) is 0 Å². The van der Waals surface area contributed by atoms with Crippen molar-refractivity contribution in [1.82, 2.24) is 5.32 Å². The van der Waals surface area contributed by atoms with Crippen LogP contribution in [0.2, 0.25) is 0 Å². The zero-order chi connectivity index (χ0) is 16.1. The summed E-state index contributed by atoms with van der Waals surface area (Å²) in [4.78, 5) is 11.9. The van der Waals surface area contributed by atoms with Gasteiger partial charge >= 0.3 is 0 Å². The van der Waals surface area contributed by atoms with Crippen molar-refractivity contribution in [3.8, 4) is 17.4 Å². The molecule has 0 aliphatic carbocycles. The van der Waals surface area contributed by atoms with Crippen molar-refractivity contribution < 1.29 is 9.21 Å². The molecule has 1 heterocycles. The molecule has 0 saturated carbocycles. The first kappa shape index (κ1) is 16.1. The number of nitrogens with zero attached hydrogens (tertiary/aromatic N) is 1. The first-order valence-electron chi connectivity index (χ1n) is 6.78. The first-order valence-corrected chi connectivity index (χ1v) is 7.57. The minimum Gasteiger partial charge on any atom is -0.457 e. The van der Waals surface area contributed by atoms with E-state index in [1.165, 1.54) is 6.08 Å². The second-order valence-corrected chi connectivity index (χ2v) is 5.93. The topological polar surface area (TPSA) is 66.0 Å². The summed E-state index contributed by atoms with van der Waals surface area (Å²) < 4.78 is 6.64. The molecular formula is C17H15BrN2O2. The van der Waals surface area contributed by atoms with Gasteiger partial charge in [-0.15, -0.1) is 0 Å². The number of nitriles is 1. The van der Waals surface area contributed by atoms with Crippen LogP contribution in [0.1, 0.15) is 19.6 Å². The highest BCUT2D eigenvalue weighted by atomic mass is 79.9. The fraction of sp³-hybridized carbons (Fsp3) is 0.176. The van der Waals surface area contributed by atoms with Crippen LogP contribution in [0, 0.1) is 11.3 Å². The third kappa shape index (κ3) is 4.09. The van der Waals surface area contributed by atoms with Gasteiger partial charge in [-0.2, -0.15) is 5.26 Å². The number of rotatable bonds is 4. The van der Waals surface area contributed by atoms with Gasteiger partial charge < -0.3 is 9.73 Å². The molecule has 0 spiro atoms. The number of halogens is 1. The zero-order valence-electron chi connectivity index (χ0n) is 12.3. The van der Waals surface area contributed by atoms with Crippen molar-refractivity contribution in [2.45, 2.75) is 19.9 Å². The Bertz CT molecular complexity index is 754. The van der Waals surface area contributed by atoms with Crippen molar-refractivity contribution >= 4 is 27.9 Å². The van der Waals surface area contributed by atoms with Crippen molar-refractivity contribution in [2.75, 3.05) is 0 Å². The third-order valence-corrected chi connectivity index (χ3v) is 3.30. The van der Waals surface area contributed by atoms with Crippen LogP contribution in [-0.2, 0) is 4.79 Å². The maximum absolute atomic E-state index is 11.9. The molecule has 0 radical (unpaired) electrons. The number of carbonyl (C=O) groups is 1. The lowest BCUT2D eigenvalue weighted by molar-refractivity contribution is -0.117. The van der Waals surface area contributed by atoms with E-state index in [4.69, 9.17) is 9.68 Å². The fourth-order valence-electron chi connectivity index (χ4n) is 1.86. The van der Waals surface area contributed by atoms with Gasteiger partial charge in [0.25, 0.3) is 5.91 Å². The summed E-state index contributed by atoms with van der Waals surface area (Å²) in [5.41, 5.74) is 0.933. The predicted octanol–water partition coefficient (Wildman–Crippen LogP) is 4.14. The number of amides is 1. The van der Waals surface area contributed by atoms with Gasteiger partial charge in [0.05, 0.1) is 0 Å². The Morgan fingerprint density at radius 1 is 1.36 bits per heavy atom. The van der Waals surface area contributed by atoms with E-state index < -0.39 is 5.91 Å². The molecule has 0 unspecified atom stereocenters. The lowest BCUT2D eigenvalue weighted by Crippen LogP contribution is -2.30. The lowest BCUT2D eigenvalue weighted by atomic mass is 10.2. The molecule has 0 bridgehead atoms. The Hall–Kier alpha value is -2.32. The second-order valence-electron chi connectivity index (χ2n) is 5.01. The van der Waals surface area contributed by atoms with Gasteiger partial charge in [-0.3, -0.25) is 4.79 Å². The standard InChI is InChI=1S/C17H15BrN2O2/c1-11(2)20-17(21)13(10-19)9-15-6-7-16(22-15)12-4-3-5-14(18)8-12/h3-9,11H,1-2H3,(H,20,21)/b13-9-. The molecule has 1 amide bonds. The minimum atomic E-state index is -0.405. The summed E-state index contributed by atoms with van der Waals surface area (Å²) >= 11 is 3.41. The molecule has 112 valence electrons. The Labute approximate surface area is 137 Å². The maximum Gasteiger partial charge on any atom is 0.262 e. The van der Waals surface area contributed by atoms with Crippen molar-refractivity contribution in [3.63, 3.8) is 0 Å². The highest BCUT2D eigenvalue weighted by Gasteiger charge is 2.11. The quantitative estimate of drug-likeness (QED) is 0.659. The Morgan fingerprint density at radius 3 is 2.77 bits per heavy atom. The lowest BCUT2D eigenvalue weighted by Gasteiger charge is -2.06. The molecular weight excluding hydrogens is 344 g/mol. The molecule has 0 fully saturated rings. The summed E-state index contributed by atoms with van der Waals surface area (Å²) in [7, 11) is 0. The van der Waals surface area contributed by atoms with Crippen LogP contribution >= 0.6 is 15.9 Å². The number of hydrogen-bond acceptors (Lipinski definition) is 3. The van der Waals surface area contributed by atoms with Crippen molar-refractivity contribution in [2.24, 2.45) is 0 Å². The smallest absolute Gasteiger partial charge is 0.262 e. The van der Waals surface area contributed by atoms with Gasteiger partial charge in [-0.05, 0) is 38.1 Å². The summed E-state index contributed by atoms with van der Waals surface area (Å²) in [6, 6.07) is 13.1. The SMILES string of the molecule is CC(C)NC(=O)/C(C#N)=C\c1ccc(-c2cccc(Br)c2)o1. The molecule has 1 aromatic carbocycles. The van der Waals surface area contributed by atoms with Crippen LogP contribution in [0.25, 0.3) is 17.4 Å². The molecule has 0 saturated heterocycles. The molecule has 1 N–H and O–H groups in total. The molecule has 0 aliphatic rings. The van der Waals surface area contributed by atoms with Crippen molar-refractivity contribution in [1.29, 1.82) is 5.26 Å². The van der Waals surface area contributed by atoms with E-state index in [0.29, 0.717) is 11.5 Å². The van der Waals surface area contributed by atoms with Gasteiger partial charge in [0.1, 0.15) is 23.2 Å². The van der Waals surface area contributed by atoms with Crippen molar-refractivity contribution in [3.05, 3.63) is 52.2 Å². The van der Waals surface area contributed by atoms with E-state index in [1.807, 2.05) is 50.2 Å². The Balaban J connectivity index is 2.25. The molecule has 0 atom stereocenters. The third-order valence-electron chi connectivity index (χ3n) is 2.81. The van der Waals surface area contributed by atoms with Crippen LogP contribution in [0.15, 0.2) is 50.9 Å². The number of benzene rings is 1. The molecule has 2 aromatic rings. The van der Waals surface area contributed by atoms with Crippen LogP contribution in [-0.4, -0.2) is 11.9 Å². The number of nitrogens with one attached hydrogen (secondary N) is 1. The largest absolute Gasteiger partial charge is 0.457 e. The zero-order valence-corrected chi connectivity index (χ0v) is 13.8. The second kappa shape index (κ2) is 7.10. The van der Waals surface area contributed by atoms with E-state index in [9.17, 15) is 4.79 Å². The molecule has 2 rings (SSSR count). The highest BCUT2D eigenvalue weighted by Crippen LogP contribution is 2.25. The molecule has 0 aliphatic heterocycles. The van der Waals surface area contributed by atoms with Gasteiger partial charge in [0, 0.05) is 22.2 Å². The van der Waals surface area contributed by atoms with Gasteiger partial charge in [0.15, 0.2) is 0 Å². The average molecular weight is 359 g/mol. The Morgan fingerprint density at radius 2 is 2.14 bits per heavy atom. The summed E-state index contributed by atoms with van der Waals surface area (Å²) in [5, 5.41) is 11.8. The molecule has 5 heteroatoms. The molecule has 22 heavy (non-hydrogen) atoms. The van der Waals surface area contributed by atoms with E-state index in [2.05, 4.69) is 21.2 Å². The summed E-state index contributed by atoms with van der Waals surface area (Å²) in [5.74, 6) is 0.734. The van der Waals surface area contributed by atoms with Crippen LogP contribution in [0.5, 0.6) is 0 Å². The van der Waals surface area contributed by atoms with Crippen LogP contribution < -0.4 is 5.32 Å². The van der Waals surface area contributed by atoms with Crippen LogP contribution in [0.3, 0.4) is 0 Å². The highest BCUT2D eigenvalue weighted by molar-refractivity contribution is 9.10. The van der Waals surface area contributed by atoms with E-state index >= 15 is 0 Å². The van der Waals surface area contributed by atoms with E-state index in [1.54, 1.807) is 6.07 Å². The predicted molar refractivity (Wildman–Crippen MR) is 88.7 cm³/mol.